The van der Waals surface area contributed by atoms with Gasteiger partial charge < -0.3 is 19.0 Å². The second-order valence-electron chi connectivity index (χ2n) is 5.45. The largest absolute Gasteiger partial charge is 0.448 e. The van der Waals surface area contributed by atoms with Crippen molar-refractivity contribution >= 4 is 11.6 Å². The van der Waals surface area contributed by atoms with Crippen LogP contribution in [0.4, 0.5) is 5.69 Å². The number of carbonyl (C=O) groups is 1. The SMILES string of the molecule is CCn1cc(NC(=O)c2coc(C3CCOCC3)n2)ccc1=O. The Balaban J connectivity index is 1.71. The van der Waals surface area contributed by atoms with E-state index in [2.05, 4.69) is 10.3 Å². The highest BCUT2D eigenvalue weighted by Gasteiger charge is 2.22. The minimum Gasteiger partial charge on any atom is -0.448 e. The lowest BCUT2D eigenvalue weighted by molar-refractivity contribution is 0.0794. The molecule has 3 rings (SSSR count). The van der Waals surface area contributed by atoms with Gasteiger partial charge >= 0.3 is 0 Å². The summed E-state index contributed by atoms with van der Waals surface area (Å²) < 4.78 is 12.3. The van der Waals surface area contributed by atoms with Gasteiger partial charge in [-0.15, -0.1) is 0 Å². The molecule has 122 valence electrons. The van der Waals surface area contributed by atoms with Crippen LogP contribution in [0.5, 0.6) is 0 Å². The van der Waals surface area contributed by atoms with Crippen LogP contribution in [0.3, 0.4) is 0 Å². The average Bonchev–Trinajstić information content (AvgIpc) is 3.07. The second-order valence-corrected chi connectivity index (χ2v) is 5.45. The first-order valence-corrected chi connectivity index (χ1v) is 7.72. The summed E-state index contributed by atoms with van der Waals surface area (Å²) >= 11 is 0. The summed E-state index contributed by atoms with van der Waals surface area (Å²) in [7, 11) is 0. The van der Waals surface area contributed by atoms with Crippen molar-refractivity contribution in [1.82, 2.24) is 9.55 Å². The number of oxazole rings is 1. The van der Waals surface area contributed by atoms with E-state index in [-0.39, 0.29) is 23.1 Å². The van der Waals surface area contributed by atoms with Gasteiger partial charge in [-0.3, -0.25) is 9.59 Å². The predicted octanol–water partition coefficient (Wildman–Crippen LogP) is 2.00. The fourth-order valence-corrected chi connectivity index (χ4v) is 2.57. The maximum Gasteiger partial charge on any atom is 0.277 e. The van der Waals surface area contributed by atoms with Crippen molar-refractivity contribution < 1.29 is 13.9 Å². The number of aryl methyl sites for hydroxylation is 1. The molecule has 0 radical (unpaired) electrons. The summed E-state index contributed by atoms with van der Waals surface area (Å²) in [4.78, 5) is 28.1. The highest BCUT2D eigenvalue weighted by Crippen LogP contribution is 2.26. The Kier molecular flexibility index (Phi) is 4.57. The van der Waals surface area contributed by atoms with Gasteiger partial charge in [0.05, 0.1) is 5.69 Å². The highest BCUT2D eigenvalue weighted by atomic mass is 16.5. The van der Waals surface area contributed by atoms with E-state index >= 15 is 0 Å². The molecule has 0 unspecified atom stereocenters. The van der Waals surface area contributed by atoms with Crippen molar-refractivity contribution in [2.45, 2.75) is 32.2 Å². The number of hydrogen-bond acceptors (Lipinski definition) is 5. The fourth-order valence-electron chi connectivity index (χ4n) is 2.57. The standard InChI is InChI=1S/C16H19N3O4/c1-2-19-9-12(3-4-14(19)20)17-15(21)13-10-23-16(18-13)11-5-7-22-8-6-11/h3-4,9-11H,2,5-8H2,1H3,(H,17,21). The van der Waals surface area contributed by atoms with Crippen LogP contribution < -0.4 is 10.9 Å². The van der Waals surface area contributed by atoms with E-state index in [0.717, 1.165) is 12.8 Å². The number of nitrogens with one attached hydrogen (secondary N) is 1. The smallest absolute Gasteiger partial charge is 0.277 e. The molecule has 7 heteroatoms. The van der Waals surface area contributed by atoms with Gasteiger partial charge in [-0.25, -0.2) is 4.98 Å². The van der Waals surface area contributed by atoms with E-state index in [0.29, 0.717) is 31.3 Å². The molecule has 0 aliphatic carbocycles. The van der Waals surface area contributed by atoms with Crippen molar-refractivity contribution in [3.8, 4) is 0 Å². The van der Waals surface area contributed by atoms with Gasteiger partial charge in [-0.2, -0.15) is 0 Å². The second kappa shape index (κ2) is 6.78. The molecule has 7 nitrogen and oxygen atoms in total. The summed E-state index contributed by atoms with van der Waals surface area (Å²) in [5, 5.41) is 2.73. The Morgan fingerprint density at radius 1 is 1.39 bits per heavy atom. The first-order chi connectivity index (χ1) is 11.2. The van der Waals surface area contributed by atoms with Crippen LogP contribution in [0.25, 0.3) is 0 Å². The Morgan fingerprint density at radius 3 is 2.91 bits per heavy atom. The molecule has 1 aliphatic heterocycles. The Bertz CT molecular complexity index is 744. The molecule has 0 spiro atoms. The number of hydrogen-bond donors (Lipinski definition) is 1. The summed E-state index contributed by atoms with van der Waals surface area (Å²) in [5.41, 5.74) is 0.682. The van der Waals surface area contributed by atoms with Crippen LogP contribution in [0.2, 0.25) is 0 Å². The van der Waals surface area contributed by atoms with E-state index in [1.807, 2.05) is 6.92 Å². The van der Waals surface area contributed by atoms with Crippen LogP contribution in [0, 0.1) is 0 Å². The first-order valence-electron chi connectivity index (χ1n) is 7.72. The molecule has 0 aromatic carbocycles. The number of carbonyl (C=O) groups excluding carboxylic acids is 1. The molecule has 2 aromatic heterocycles. The third-order valence-electron chi connectivity index (χ3n) is 3.91. The zero-order valence-electron chi connectivity index (χ0n) is 12.9. The normalized spacial score (nSPS) is 15.5. The van der Waals surface area contributed by atoms with Gasteiger partial charge in [0.15, 0.2) is 11.6 Å². The van der Waals surface area contributed by atoms with Crippen LogP contribution in [-0.2, 0) is 11.3 Å². The molecule has 2 aromatic rings. The first kappa shape index (κ1) is 15.5. The minimum atomic E-state index is -0.353. The molecule has 0 bridgehead atoms. The van der Waals surface area contributed by atoms with E-state index in [1.54, 1.807) is 12.3 Å². The van der Waals surface area contributed by atoms with Gasteiger partial charge in [-0.05, 0) is 25.8 Å². The number of ether oxygens (including phenoxy) is 1. The monoisotopic (exact) mass is 317 g/mol. The molecular weight excluding hydrogens is 298 g/mol. The topological polar surface area (TPSA) is 86.4 Å². The number of aromatic nitrogens is 2. The Labute approximate surface area is 133 Å². The van der Waals surface area contributed by atoms with Crippen LogP contribution in [-0.4, -0.2) is 28.7 Å². The lowest BCUT2D eigenvalue weighted by Gasteiger charge is -2.18. The molecule has 23 heavy (non-hydrogen) atoms. The van der Waals surface area contributed by atoms with Crippen LogP contribution >= 0.6 is 0 Å². The number of anilines is 1. The van der Waals surface area contributed by atoms with E-state index in [1.165, 1.54) is 16.9 Å². The lowest BCUT2D eigenvalue weighted by atomic mass is 10.0. The zero-order valence-corrected chi connectivity index (χ0v) is 12.9. The summed E-state index contributed by atoms with van der Waals surface area (Å²) in [6.07, 6.45) is 4.68. The maximum absolute atomic E-state index is 12.2. The van der Waals surface area contributed by atoms with E-state index in [9.17, 15) is 9.59 Å². The van der Waals surface area contributed by atoms with Gasteiger partial charge in [0.25, 0.3) is 11.5 Å². The van der Waals surface area contributed by atoms with E-state index in [4.69, 9.17) is 9.15 Å². The van der Waals surface area contributed by atoms with Crippen molar-refractivity contribution in [3.63, 3.8) is 0 Å². The molecular formula is C16H19N3O4. The van der Waals surface area contributed by atoms with Gasteiger partial charge in [-0.1, -0.05) is 0 Å². The molecule has 1 N–H and O–H groups in total. The Morgan fingerprint density at radius 2 is 2.17 bits per heavy atom. The molecule has 1 amide bonds. The van der Waals surface area contributed by atoms with Crippen LogP contribution in [0.1, 0.15) is 42.1 Å². The molecule has 0 saturated carbocycles. The lowest BCUT2D eigenvalue weighted by Crippen LogP contribution is -2.20. The van der Waals surface area contributed by atoms with Gasteiger partial charge in [0.1, 0.15) is 6.26 Å². The van der Waals surface area contributed by atoms with Gasteiger partial charge in [0, 0.05) is 37.9 Å². The minimum absolute atomic E-state index is 0.103. The maximum atomic E-state index is 12.2. The summed E-state index contributed by atoms with van der Waals surface area (Å²) in [6.45, 7) is 3.78. The molecule has 0 atom stereocenters. The third kappa shape index (κ3) is 3.50. The zero-order chi connectivity index (χ0) is 16.2. The fraction of sp³-hybridized carbons (Fsp3) is 0.438. The number of pyridine rings is 1. The molecule has 3 heterocycles. The number of amides is 1. The molecule has 1 aliphatic rings. The number of nitrogens with zero attached hydrogens (tertiary/aromatic N) is 2. The average molecular weight is 317 g/mol. The quantitative estimate of drug-likeness (QED) is 0.932. The predicted molar refractivity (Wildman–Crippen MR) is 83.6 cm³/mol. The van der Waals surface area contributed by atoms with Crippen molar-refractivity contribution in [1.29, 1.82) is 0 Å². The molecule has 1 saturated heterocycles. The number of rotatable bonds is 4. The van der Waals surface area contributed by atoms with Crippen molar-refractivity contribution in [2.75, 3.05) is 18.5 Å². The van der Waals surface area contributed by atoms with E-state index < -0.39 is 0 Å². The van der Waals surface area contributed by atoms with Crippen LogP contribution in [0.15, 0.2) is 33.8 Å². The van der Waals surface area contributed by atoms with Crippen molar-refractivity contribution in [3.05, 3.63) is 46.5 Å². The summed E-state index contributed by atoms with van der Waals surface area (Å²) in [6, 6.07) is 3.00. The highest BCUT2D eigenvalue weighted by molar-refractivity contribution is 6.02. The Hall–Kier alpha value is -2.41. The third-order valence-corrected chi connectivity index (χ3v) is 3.91. The summed E-state index contributed by atoms with van der Waals surface area (Å²) in [5.74, 6) is 0.428. The van der Waals surface area contributed by atoms with Crippen molar-refractivity contribution in [2.24, 2.45) is 0 Å². The van der Waals surface area contributed by atoms with Gasteiger partial charge in [0.2, 0.25) is 0 Å². The molecule has 1 fully saturated rings.